The number of sulfonamides is 1. The number of hydrogen-bond donors (Lipinski definition) is 3. The van der Waals surface area contributed by atoms with Gasteiger partial charge in [0.2, 0.25) is 15.9 Å². The predicted octanol–water partition coefficient (Wildman–Crippen LogP) is 1.26. The average Bonchev–Trinajstić information content (AvgIpc) is 2.39. The van der Waals surface area contributed by atoms with Crippen molar-refractivity contribution in [3.63, 3.8) is 0 Å². The van der Waals surface area contributed by atoms with Gasteiger partial charge >= 0.3 is 0 Å². The van der Waals surface area contributed by atoms with E-state index >= 15 is 0 Å². The molecule has 7 heteroatoms. The van der Waals surface area contributed by atoms with Gasteiger partial charge in [-0.25, -0.2) is 13.6 Å². The second-order valence-corrected chi connectivity index (χ2v) is 6.84. The van der Waals surface area contributed by atoms with Crippen LogP contribution in [0.5, 0.6) is 0 Å². The minimum atomic E-state index is -3.80. The molecule has 1 aromatic rings. The van der Waals surface area contributed by atoms with E-state index in [4.69, 9.17) is 10.9 Å². The quantitative estimate of drug-likeness (QED) is 0.733. The van der Waals surface area contributed by atoms with E-state index in [0.717, 1.165) is 17.5 Å². The van der Waals surface area contributed by atoms with Gasteiger partial charge in [-0.2, -0.15) is 0 Å². The maximum Gasteiger partial charge on any atom is 0.238 e. The lowest BCUT2D eigenvalue weighted by molar-refractivity contribution is -0.119. The van der Waals surface area contributed by atoms with Gasteiger partial charge in [0.1, 0.15) is 0 Å². The lowest BCUT2D eigenvalue weighted by Gasteiger charge is -2.15. The fourth-order valence-electron chi connectivity index (χ4n) is 1.93. The van der Waals surface area contributed by atoms with Crippen LogP contribution >= 0.6 is 0 Å². The number of benzene rings is 1. The first kappa shape index (κ1) is 17.6. The van der Waals surface area contributed by atoms with Gasteiger partial charge in [-0.15, -0.1) is 0 Å². The molecule has 0 aliphatic rings. The lowest BCUT2D eigenvalue weighted by Crippen LogP contribution is -2.22. The molecule has 0 aliphatic carbocycles. The van der Waals surface area contributed by atoms with Crippen molar-refractivity contribution in [2.45, 2.75) is 38.5 Å². The van der Waals surface area contributed by atoms with Crippen molar-refractivity contribution < 1.29 is 13.2 Å². The monoisotopic (exact) mass is 313 g/mol. The Kier molecular flexibility index (Phi) is 5.88. The van der Waals surface area contributed by atoms with Gasteiger partial charge in [-0.05, 0) is 56.5 Å². The highest BCUT2D eigenvalue weighted by atomic mass is 32.2. The van der Waals surface area contributed by atoms with E-state index < -0.39 is 10.0 Å². The number of carbonyl (C=O) groups is 1. The molecule has 0 aliphatic heterocycles. The molecule has 0 spiro atoms. The van der Waals surface area contributed by atoms with Crippen molar-refractivity contribution in [2.24, 2.45) is 16.8 Å². The van der Waals surface area contributed by atoms with E-state index in [-0.39, 0.29) is 16.7 Å². The first-order valence-electron chi connectivity index (χ1n) is 6.81. The molecule has 0 bridgehead atoms. The minimum absolute atomic E-state index is 0.00416. The lowest BCUT2D eigenvalue weighted by atomic mass is 10.0. The molecular weight excluding hydrogens is 290 g/mol. The van der Waals surface area contributed by atoms with Crippen LogP contribution in [0, 0.1) is 19.8 Å². The first-order valence-corrected chi connectivity index (χ1v) is 8.36. The van der Waals surface area contributed by atoms with Crippen molar-refractivity contribution in [3.05, 3.63) is 23.3 Å². The molecule has 0 radical (unpaired) electrons. The summed E-state index contributed by atoms with van der Waals surface area (Å²) >= 11 is 0. The SMILES string of the molecule is Cc1cc(S(N)(=O)=O)cc(NC(=O)C(C)CCCN)c1C. The maximum absolute atomic E-state index is 12.1. The van der Waals surface area contributed by atoms with Gasteiger partial charge in [0, 0.05) is 11.6 Å². The molecule has 0 aromatic heterocycles. The van der Waals surface area contributed by atoms with E-state index in [2.05, 4.69) is 5.32 Å². The third-order valence-electron chi connectivity index (χ3n) is 3.52. The summed E-state index contributed by atoms with van der Waals surface area (Å²) < 4.78 is 22.9. The smallest absolute Gasteiger partial charge is 0.238 e. The van der Waals surface area contributed by atoms with Crippen molar-refractivity contribution in [1.29, 1.82) is 0 Å². The number of anilines is 1. The van der Waals surface area contributed by atoms with Crippen LogP contribution in [0.4, 0.5) is 5.69 Å². The highest BCUT2D eigenvalue weighted by molar-refractivity contribution is 7.89. The van der Waals surface area contributed by atoms with Crippen molar-refractivity contribution in [3.8, 4) is 0 Å². The van der Waals surface area contributed by atoms with E-state index in [1.807, 2.05) is 13.8 Å². The van der Waals surface area contributed by atoms with Gasteiger partial charge in [0.15, 0.2) is 0 Å². The molecular formula is C14H23N3O3S. The molecule has 0 saturated heterocycles. The molecule has 6 nitrogen and oxygen atoms in total. The normalized spacial score (nSPS) is 13.0. The number of carbonyl (C=O) groups excluding carboxylic acids is 1. The van der Waals surface area contributed by atoms with E-state index in [1.54, 1.807) is 6.92 Å². The number of nitrogens with one attached hydrogen (secondary N) is 1. The Labute approximate surface area is 126 Å². The summed E-state index contributed by atoms with van der Waals surface area (Å²) in [7, 11) is -3.80. The summed E-state index contributed by atoms with van der Waals surface area (Å²) in [6.45, 7) is 5.95. The van der Waals surface area contributed by atoms with Crippen LogP contribution in [0.1, 0.15) is 30.9 Å². The first-order chi connectivity index (χ1) is 9.66. The van der Waals surface area contributed by atoms with Crippen LogP contribution < -0.4 is 16.2 Å². The molecule has 1 unspecified atom stereocenters. The maximum atomic E-state index is 12.1. The van der Waals surface area contributed by atoms with Crippen molar-refractivity contribution >= 4 is 21.6 Å². The zero-order valence-corrected chi connectivity index (χ0v) is 13.5. The van der Waals surface area contributed by atoms with E-state index in [9.17, 15) is 13.2 Å². The van der Waals surface area contributed by atoms with Crippen LogP contribution in [0.3, 0.4) is 0 Å². The van der Waals surface area contributed by atoms with Crippen LogP contribution in [0.25, 0.3) is 0 Å². The topological polar surface area (TPSA) is 115 Å². The standard InChI is InChI=1S/C14H23N3O3S/c1-9(5-4-6-15)14(18)17-13-8-12(21(16,19)20)7-10(2)11(13)3/h7-9H,4-6,15H2,1-3H3,(H,17,18)(H2,16,19,20). The summed E-state index contributed by atoms with van der Waals surface area (Å²) in [5.41, 5.74) is 7.48. The fraction of sp³-hybridized carbons (Fsp3) is 0.500. The number of nitrogens with two attached hydrogens (primary N) is 2. The number of primary sulfonamides is 1. The summed E-state index contributed by atoms with van der Waals surface area (Å²) in [5.74, 6) is -0.344. The molecule has 0 heterocycles. The van der Waals surface area contributed by atoms with Gasteiger partial charge in [-0.3, -0.25) is 4.79 Å². The molecule has 5 N–H and O–H groups in total. The Balaban J connectivity index is 3.03. The molecule has 1 rings (SSSR count). The number of rotatable bonds is 6. The Morgan fingerprint density at radius 3 is 2.48 bits per heavy atom. The van der Waals surface area contributed by atoms with Crippen LogP contribution in [-0.4, -0.2) is 20.9 Å². The summed E-state index contributed by atoms with van der Waals surface area (Å²) in [4.78, 5) is 12.1. The van der Waals surface area contributed by atoms with Crippen LogP contribution in [0.15, 0.2) is 17.0 Å². The highest BCUT2D eigenvalue weighted by Gasteiger charge is 2.17. The molecule has 21 heavy (non-hydrogen) atoms. The average molecular weight is 313 g/mol. The Bertz CT molecular complexity index is 627. The van der Waals surface area contributed by atoms with Gasteiger partial charge in [0.25, 0.3) is 0 Å². The van der Waals surface area contributed by atoms with Crippen molar-refractivity contribution in [2.75, 3.05) is 11.9 Å². The number of amides is 1. The molecule has 1 atom stereocenters. The molecule has 118 valence electrons. The Hall–Kier alpha value is -1.44. The highest BCUT2D eigenvalue weighted by Crippen LogP contribution is 2.24. The summed E-state index contributed by atoms with van der Waals surface area (Å²) in [5, 5.41) is 7.92. The molecule has 0 fully saturated rings. The van der Waals surface area contributed by atoms with Crippen LogP contribution in [-0.2, 0) is 14.8 Å². The summed E-state index contributed by atoms with van der Waals surface area (Å²) in [6.07, 6.45) is 1.46. The Morgan fingerprint density at radius 2 is 1.95 bits per heavy atom. The number of hydrogen-bond acceptors (Lipinski definition) is 4. The zero-order valence-electron chi connectivity index (χ0n) is 12.6. The van der Waals surface area contributed by atoms with Gasteiger partial charge < -0.3 is 11.1 Å². The molecule has 1 amide bonds. The van der Waals surface area contributed by atoms with Crippen LogP contribution in [0.2, 0.25) is 0 Å². The molecule has 1 aromatic carbocycles. The van der Waals surface area contributed by atoms with Crippen molar-refractivity contribution in [1.82, 2.24) is 0 Å². The second kappa shape index (κ2) is 7.02. The van der Waals surface area contributed by atoms with Gasteiger partial charge in [-0.1, -0.05) is 6.92 Å². The third kappa shape index (κ3) is 4.80. The summed E-state index contributed by atoms with van der Waals surface area (Å²) in [6, 6.07) is 2.89. The third-order valence-corrected chi connectivity index (χ3v) is 4.41. The number of aryl methyl sites for hydroxylation is 1. The van der Waals surface area contributed by atoms with E-state index in [0.29, 0.717) is 18.7 Å². The largest absolute Gasteiger partial charge is 0.330 e. The molecule has 0 saturated carbocycles. The predicted molar refractivity (Wildman–Crippen MR) is 83.4 cm³/mol. The van der Waals surface area contributed by atoms with E-state index in [1.165, 1.54) is 12.1 Å². The van der Waals surface area contributed by atoms with Gasteiger partial charge in [0.05, 0.1) is 4.90 Å². The zero-order chi connectivity index (χ0) is 16.2. The fourth-order valence-corrected chi connectivity index (χ4v) is 2.55. The Morgan fingerprint density at radius 1 is 1.33 bits per heavy atom. The minimum Gasteiger partial charge on any atom is -0.330 e. The second-order valence-electron chi connectivity index (χ2n) is 5.28.